The van der Waals surface area contributed by atoms with Gasteiger partial charge in [0.05, 0.1) is 5.56 Å². The number of halogens is 1. The van der Waals surface area contributed by atoms with Crippen LogP contribution in [0.25, 0.3) is 0 Å². The number of nitrogens with two attached hydrogens (primary N) is 1. The molecule has 2 heterocycles. The Balaban J connectivity index is 1.76. The van der Waals surface area contributed by atoms with E-state index >= 15 is 0 Å². The van der Waals surface area contributed by atoms with Gasteiger partial charge in [-0.15, -0.1) is 11.3 Å². The number of hydrogen-bond donors (Lipinski definition) is 1. The zero-order chi connectivity index (χ0) is 14.1. The highest BCUT2D eigenvalue weighted by Gasteiger charge is 2.23. The van der Waals surface area contributed by atoms with E-state index < -0.39 is 0 Å². The first-order chi connectivity index (χ1) is 9.67. The molecule has 3 nitrogen and oxygen atoms in total. The Morgan fingerprint density at radius 2 is 2.10 bits per heavy atom. The lowest BCUT2D eigenvalue weighted by Crippen LogP contribution is -2.29. The topological polar surface area (TPSA) is 53.1 Å². The van der Waals surface area contributed by atoms with Crippen LogP contribution in [0.2, 0.25) is 0 Å². The smallest absolute Gasteiger partial charge is 0.123 e. The maximum absolute atomic E-state index is 12.9. The van der Waals surface area contributed by atoms with E-state index in [4.69, 9.17) is 11.0 Å². The number of anilines is 1. The van der Waals surface area contributed by atoms with Crippen LogP contribution < -0.4 is 5.73 Å². The zero-order valence-corrected chi connectivity index (χ0v) is 11.7. The molecule has 5 heteroatoms. The number of benzene rings is 1. The van der Waals surface area contributed by atoms with Gasteiger partial charge < -0.3 is 5.73 Å². The normalized spacial score (nSPS) is 14.8. The van der Waals surface area contributed by atoms with E-state index in [9.17, 15) is 4.39 Å². The molecule has 0 amide bonds. The first kappa shape index (κ1) is 13.1. The van der Waals surface area contributed by atoms with Crippen LogP contribution in [0.1, 0.15) is 21.6 Å². The minimum absolute atomic E-state index is 0.209. The highest BCUT2D eigenvalue weighted by Crippen LogP contribution is 2.34. The molecule has 3 rings (SSSR count). The van der Waals surface area contributed by atoms with E-state index in [-0.39, 0.29) is 5.82 Å². The number of thiophene rings is 1. The minimum atomic E-state index is -0.209. The Morgan fingerprint density at radius 1 is 1.35 bits per heavy atom. The van der Waals surface area contributed by atoms with Gasteiger partial charge >= 0.3 is 0 Å². The number of hydrogen-bond acceptors (Lipinski definition) is 4. The van der Waals surface area contributed by atoms with Gasteiger partial charge in [-0.3, -0.25) is 4.90 Å². The summed E-state index contributed by atoms with van der Waals surface area (Å²) in [5.41, 5.74) is 8.75. The van der Waals surface area contributed by atoms with E-state index in [0.717, 1.165) is 37.2 Å². The second-order valence-corrected chi connectivity index (χ2v) is 6.08. The fraction of sp³-hybridized carbons (Fsp3) is 0.267. The maximum Gasteiger partial charge on any atom is 0.123 e. The average molecular weight is 287 g/mol. The van der Waals surface area contributed by atoms with E-state index in [1.54, 1.807) is 0 Å². The molecule has 0 aliphatic carbocycles. The number of fused-ring (bicyclic) bond motifs is 1. The van der Waals surface area contributed by atoms with Crippen LogP contribution in [0, 0.1) is 17.1 Å². The molecule has 0 bridgehead atoms. The molecule has 0 saturated heterocycles. The summed E-state index contributed by atoms with van der Waals surface area (Å²) in [6, 6.07) is 8.80. The lowest BCUT2D eigenvalue weighted by molar-refractivity contribution is 0.248. The molecule has 1 aromatic heterocycles. The number of nitrogen functional groups attached to an aromatic ring is 1. The standard InChI is InChI=1S/C15H14FN3S/c16-11-3-1-10(2-4-11)8-19-6-5-12-13(7-17)15(18)20-14(12)9-19/h1-4H,5-6,8-9,18H2. The number of rotatable bonds is 2. The van der Waals surface area contributed by atoms with Crippen molar-refractivity contribution in [2.75, 3.05) is 12.3 Å². The summed E-state index contributed by atoms with van der Waals surface area (Å²) in [6.07, 6.45) is 0.854. The molecule has 0 saturated carbocycles. The van der Waals surface area contributed by atoms with Crippen LogP contribution in [0.3, 0.4) is 0 Å². The molecule has 102 valence electrons. The SMILES string of the molecule is N#Cc1c(N)sc2c1CCN(Cc1ccc(F)cc1)C2. The van der Waals surface area contributed by atoms with Crippen LogP contribution in [0.4, 0.5) is 9.39 Å². The van der Waals surface area contributed by atoms with Crippen molar-refractivity contribution in [3.63, 3.8) is 0 Å². The van der Waals surface area contributed by atoms with E-state index in [1.807, 2.05) is 12.1 Å². The summed E-state index contributed by atoms with van der Waals surface area (Å²) in [7, 11) is 0. The second-order valence-electron chi connectivity index (χ2n) is 4.94. The van der Waals surface area contributed by atoms with Crippen molar-refractivity contribution in [2.45, 2.75) is 19.5 Å². The van der Waals surface area contributed by atoms with Crippen molar-refractivity contribution in [1.82, 2.24) is 4.90 Å². The lowest BCUT2D eigenvalue weighted by Gasteiger charge is -2.26. The van der Waals surface area contributed by atoms with Crippen molar-refractivity contribution in [3.05, 3.63) is 51.7 Å². The van der Waals surface area contributed by atoms with Gasteiger partial charge in [-0.25, -0.2) is 4.39 Å². The molecule has 1 aliphatic heterocycles. The Hall–Kier alpha value is -1.90. The molecular formula is C15H14FN3S. The van der Waals surface area contributed by atoms with Gasteiger partial charge in [-0.05, 0) is 29.7 Å². The predicted octanol–water partition coefficient (Wildman–Crippen LogP) is 2.90. The predicted molar refractivity (Wildman–Crippen MR) is 77.7 cm³/mol. The summed E-state index contributed by atoms with van der Waals surface area (Å²) in [5.74, 6) is -0.209. The monoisotopic (exact) mass is 287 g/mol. The fourth-order valence-corrected chi connectivity index (χ4v) is 3.69. The van der Waals surface area contributed by atoms with Crippen LogP contribution in [-0.2, 0) is 19.5 Å². The van der Waals surface area contributed by atoms with Crippen molar-refractivity contribution in [2.24, 2.45) is 0 Å². The van der Waals surface area contributed by atoms with E-state index in [1.165, 1.54) is 28.3 Å². The summed E-state index contributed by atoms with van der Waals surface area (Å²) < 4.78 is 12.9. The summed E-state index contributed by atoms with van der Waals surface area (Å²) in [5, 5.41) is 9.74. The maximum atomic E-state index is 12.9. The summed E-state index contributed by atoms with van der Waals surface area (Å²) >= 11 is 1.51. The number of nitriles is 1. The summed E-state index contributed by atoms with van der Waals surface area (Å²) in [6.45, 7) is 2.50. The third-order valence-corrected chi connectivity index (χ3v) is 4.64. The Bertz CT molecular complexity index is 670. The van der Waals surface area contributed by atoms with Crippen LogP contribution in [0.15, 0.2) is 24.3 Å². The lowest BCUT2D eigenvalue weighted by atomic mass is 10.0. The second kappa shape index (κ2) is 5.23. The van der Waals surface area contributed by atoms with Crippen LogP contribution >= 0.6 is 11.3 Å². The Labute approximate surface area is 121 Å². The number of nitrogens with zero attached hydrogens (tertiary/aromatic N) is 2. The molecule has 0 unspecified atom stereocenters. The van der Waals surface area contributed by atoms with Crippen LogP contribution in [-0.4, -0.2) is 11.4 Å². The molecular weight excluding hydrogens is 273 g/mol. The van der Waals surface area contributed by atoms with Crippen molar-refractivity contribution >= 4 is 16.3 Å². The van der Waals surface area contributed by atoms with Gasteiger partial charge in [-0.2, -0.15) is 5.26 Å². The molecule has 20 heavy (non-hydrogen) atoms. The third-order valence-electron chi connectivity index (χ3n) is 3.59. The Kier molecular flexibility index (Phi) is 3.43. The van der Waals surface area contributed by atoms with Crippen LogP contribution in [0.5, 0.6) is 0 Å². The highest BCUT2D eigenvalue weighted by molar-refractivity contribution is 7.16. The quantitative estimate of drug-likeness (QED) is 0.924. The first-order valence-corrected chi connectivity index (χ1v) is 7.26. The molecule has 2 N–H and O–H groups in total. The third kappa shape index (κ3) is 2.40. The minimum Gasteiger partial charge on any atom is -0.389 e. The molecule has 0 atom stereocenters. The zero-order valence-electron chi connectivity index (χ0n) is 10.9. The van der Waals surface area contributed by atoms with Gasteiger partial charge in [-0.1, -0.05) is 12.1 Å². The average Bonchev–Trinajstić information content (AvgIpc) is 2.76. The Morgan fingerprint density at radius 3 is 2.80 bits per heavy atom. The largest absolute Gasteiger partial charge is 0.389 e. The molecule has 0 spiro atoms. The molecule has 1 aliphatic rings. The van der Waals surface area contributed by atoms with Gasteiger partial charge in [0, 0.05) is 24.5 Å². The molecule has 0 fully saturated rings. The van der Waals surface area contributed by atoms with Crippen molar-refractivity contribution in [1.29, 1.82) is 5.26 Å². The van der Waals surface area contributed by atoms with E-state index in [2.05, 4.69) is 11.0 Å². The van der Waals surface area contributed by atoms with Gasteiger partial charge in [0.1, 0.15) is 16.9 Å². The first-order valence-electron chi connectivity index (χ1n) is 6.44. The molecule has 0 radical (unpaired) electrons. The molecule has 2 aromatic rings. The summed E-state index contributed by atoms with van der Waals surface area (Å²) in [4.78, 5) is 3.49. The fourth-order valence-electron chi connectivity index (χ4n) is 2.58. The highest BCUT2D eigenvalue weighted by atomic mass is 32.1. The van der Waals surface area contributed by atoms with Gasteiger partial charge in [0.15, 0.2) is 0 Å². The van der Waals surface area contributed by atoms with Gasteiger partial charge in [0.2, 0.25) is 0 Å². The van der Waals surface area contributed by atoms with Crippen molar-refractivity contribution in [3.8, 4) is 6.07 Å². The molecule has 1 aromatic carbocycles. The van der Waals surface area contributed by atoms with Crippen molar-refractivity contribution < 1.29 is 4.39 Å². The van der Waals surface area contributed by atoms with Gasteiger partial charge in [0.25, 0.3) is 0 Å². The van der Waals surface area contributed by atoms with E-state index in [0.29, 0.717) is 10.6 Å².